The van der Waals surface area contributed by atoms with Crippen LogP contribution in [0.4, 0.5) is 0 Å². The summed E-state index contributed by atoms with van der Waals surface area (Å²) in [5.74, 6) is 0.0666. The van der Waals surface area contributed by atoms with Gasteiger partial charge < -0.3 is 19.9 Å². The topological polar surface area (TPSA) is 68.5 Å². The minimum atomic E-state index is -0.470. The molecule has 6 heteroatoms. The molecule has 0 amide bonds. The number of aromatic nitrogens is 2. The van der Waals surface area contributed by atoms with Crippen LogP contribution in [-0.4, -0.2) is 54.0 Å². The van der Waals surface area contributed by atoms with E-state index in [1.807, 2.05) is 17.8 Å². The van der Waals surface area contributed by atoms with E-state index in [-0.39, 0.29) is 12.0 Å². The molecule has 2 heterocycles. The summed E-state index contributed by atoms with van der Waals surface area (Å²) in [7, 11) is 3.51. The van der Waals surface area contributed by atoms with Gasteiger partial charge in [-0.3, -0.25) is 4.68 Å². The Morgan fingerprint density at radius 1 is 1.61 bits per heavy atom. The number of nitrogens with zero attached hydrogens (tertiary/aromatic N) is 2. The lowest BCUT2D eigenvalue weighted by molar-refractivity contribution is -0.133. The van der Waals surface area contributed by atoms with Gasteiger partial charge in [0.2, 0.25) is 0 Å². The molecule has 2 rings (SSSR count). The molecule has 3 atom stereocenters. The smallest absolute Gasteiger partial charge is 0.107 e. The fraction of sp³-hybridized carbons (Fsp3) is 0.750. The second-order valence-electron chi connectivity index (χ2n) is 4.64. The molecule has 0 aromatic carbocycles. The predicted molar refractivity (Wildman–Crippen MR) is 66.0 cm³/mol. The lowest BCUT2D eigenvalue weighted by atomic mass is 9.96. The molecule has 0 radical (unpaired) electrons. The van der Waals surface area contributed by atoms with Gasteiger partial charge in [0.25, 0.3) is 0 Å². The molecule has 18 heavy (non-hydrogen) atoms. The highest BCUT2D eigenvalue weighted by Crippen LogP contribution is 2.16. The van der Waals surface area contributed by atoms with Crippen molar-refractivity contribution in [2.75, 3.05) is 26.9 Å². The van der Waals surface area contributed by atoms with Crippen molar-refractivity contribution in [3.63, 3.8) is 0 Å². The van der Waals surface area contributed by atoms with Crippen LogP contribution in [0.5, 0.6) is 0 Å². The quantitative estimate of drug-likeness (QED) is 0.744. The monoisotopic (exact) mass is 255 g/mol. The second-order valence-corrected chi connectivity index (χ2v) is 4.64. The normalized spacial score (nSPS) is 28.5. The number of hydrogen-bond donors (Lipinski definition) is 2. The van der Waals surface area contributed by atoms with E-state index in [4.69, 9.17) is 9.47 Å². The summed E-state index contributed by atoms with van der Waals surface area (Å²) in [6, 6.07) is 1.97. The summed E-state index contributed by atoms with van der Waals surface area (Å²) in [5.41, 5.74) is 1.12. The third kappa shape index (κ3) is 3.08. The highest BCUT2D eigenvalue weighted by atomic mass is 16.5. The van der Waals surface area contributed by atoms with Crippen molar-refractivity contribution in [3.05, 3.63) is 18.0 Å². The van der Waals surface area contributed by atoms with Crippen molar-refractivity contribution in [1.82, 2.24) is 15.1 Å². The van der Waals surface area contributed by atoms with Crippen molar-refractivity contribution >= 4 is 0 Å². The fourth-order valence-corrected chi connectivity index (χ4v) is 2.18. The molecule has 0 saturated carbocycles. The van der Waals surface area contributed by atoms with E-state index >= 15 is 0 Å². The van der Waals surface area contributed by atoms with Gasteiger partial charge in [0, 0.05) is 39.4 Å². The number of rotatable bonds is 5. The standard InChI is InChI=1S/C12H21N3O3/c1-15-10(3-4-14-15)6-13-5-9-7-18-8-11(17-2)12(9)16/h3-4,9,11-13,16H,5-8H2,1-2H3/t9-,11-,12+/m1/s1. The average Bonchev–Trinajstić information content (AvgIpc) is 2.77. The zero-order chi connectivity index (χ0) is 13.0. The molecule has 6 nitrogen and oxygen atoms in total. The summed E-state index contributed by atoms with van der Waals surface area (Å²) >= 11 is 0. The first-order valence-corrected chi connectivity index (χ1v) is 6.18. The van der Waals surface area contributed by atoms with Crippen LogP contribution in [0.25, 0.3) is 0 Å². The molecule has 1 fully saturated rings. The largest absolute Gasteiger partial charge is 0.390 e. The first kappa shape index (κ1) is 13.5. The first-order valence-electron chi connectivity index (χ1n) is 6.18. The van der Waals surface area contributed by atoms with Crippen LogP contribution in [0.15, 0.2) is 12.3 Å². The Hall–Kier alpha value is -0.950. The SMILES string of the molecule is CO[C@@H]1COC[C@@H](CNCc2ccnn2C)[C@@H]1O. The Bertz CT molecular complexity index is 369. The number of methoxy groups -OCH3 is 1. The zero-order valence-electron chi connectivity index (χ0n) is 10.9. The lowest BCUT2D eigenvalue weighted by Gasteiger charge is -2.33. The molecule has 1 aliphatic heterocycles. The van der Waals surface area contributed by atoms with Gasteiger partial charge in [-0.15, -0.1) is 0 Å². The number of aliphatic hydroxyl groups excluding tert-OH is 1. The molecule has 1 aromatic rings. The van der Waals surface area contributed by atoms with Gasteiger partial charge in [0.05, 0.1) is 25.0 Å². The summed E-state index contributed by atoms with van der Waals surface area (Å²) in [5, 5.41) is 17.5. The minimum Gasteiger partial charge on any atom is -0.390 e. The molecule has 1 aliphatic rings. The van der Waals surface area contributed by atoms with Gasteiger partial charge in [-0.2, -0.15) is 5.10 Å². The van der Waals surface area contributed by atoms with Crippen molar-refractivity contribution in [2.45, 2.75) is 18.8 Å². The van der Waals surface area contributed by atoms with Gasteiger partial charge >= 0.3 is 0 Å². The number of aliphatic hydroxyl groups is 1. The van der Waals surface area contributed by atoms with Gasteiger partial charge in [0.1, 0.15) is 6.10 Å². The maximum atomic E-state index is 10.1. The molecule has 1 aromatic heterocycles. The van der Waals surface area contributed by atoms with Gasteiger partial charge in [0.15, 0.2) is 0 Å². The van der Waals surface area contributed by atoms with Gasteiger partial charge in [-0.25, -0.2) is 0 Å². The number of nitrogens with one attached hydrogen (secondary N) is 1. The van der Waals surface area contributed by atoms with Gasteiger partial charge in [-0.1, -0.05) is 0 Å². The Morgan fingerprint density at radius 3 is 3.11 bits per heavy atom. The number of ether oxygens (including phenoxy) is 2. The summed E-state index contributed by atoms with van der Waals surface area (Å²) in [6.07, 6.45) is 1.08. The average molecular weight is 255 g/mol. The summed E-state index contributed by atoms with van der Waals surface area (Å²) in [6.45, 7) is 2.47. The van der Waals surface area contributed by atoms with Crippen molar-refractivity contribution in [1.29, 1.82) is 0 Å². The Kier molecular flexibility index (Phi) is 4.71. The van der Waals surface area contributed by atoms with E-state index in [1.54, 1.807) is 13.3 Å². The fourth-order valence-electron chi connectivity index (χ4n) is 2.18. The molecule has 102 valence electrons. The van der Waals surface area contributed by atoms with Gasteiger partial charge in [-0.05, 0) is 6.07 Å². The van der Waals surface area contributed by atoms with Crippen LogP contribution < -0.4 is 5.32 Å². The Morgan fingerprint density at radius 2 is 2.44 bits per heavy atom. The van der Waals surface area contributed by atoms with Crippen LogP contribution in [0.3, 0.4) is 0 Å². The summed E-state index contributed by atoms with van der Waals surface area (Å²) < 4.78 is 12.4. The molecule has 1 saturated heterocycles. The van der Waals surface area contributed by atoms with Crippen molar-refractivity contribution in [2.24, 2.45) is 13.0 Å². The lowest BCUT2D eigenvalue weighted by Crippen LogP contribution is -2.48. The maximum absolute atomic E-state index is 10.1. The first-order chi connectivity index (χ1) is 8.72. The van der Waals surface area contributed by atoms with Crippen LogP contribution in [0.1, 0.15) is 5.69 Å². The third-order valence-corrected chi connectivity index (χ3v) is 3.42. The molecular weight excluding hydrogens is 234 g/mol. The highest BCUT2D eigenvalue weighted by molar-refractivity contribution is 4.99. The molecule has 0 unspecified atom stereocenters. The second kappa shape index (κ2) is 6.29. The molecule has 0 spiro atoms. The van der Waals surface area contributed by atoms with Crippen LogP contribution in [-0.2, 0) is 23.1 Å². The van der Waals surface area contributed by atoms with E-state index < -0.39 is 6.10 Å². The van der Waals surface area contributed by atoms with E-state index in [0.717, 1.165) is 12.2 Å². The zero-order valence-corrected chi connectivity index (χ0v) is 10.9. The molecular formula is C12H21N3O3. The molecule has 0 aliphatic carbocycles. The minimum absolute atomic E-state index is 0.0666. The number of aryl methyl sites for hydroxylation is 1. The maximum Gasteiger partial charge on any atom is 0.107 e. The summed E-state index contributed by atoms with van der Waals surface area (Å²) in [4.78, 5) is 0. The molecule has 2 N–H and O–H groups in total. The Balaban J connectivity index is 1.77. The third-order valence-electron chi connectivity index (χ3n) is 3.42. The van der Waals surface area contributed by atoms with E-state index in [9.17, 15) is 5.11 Å². The van der Waals surface area contributed by atoms with E-state index in [1.165, 1.54) is 0 Å². The van der Waals surface area contributed by atoms with Crippen LogP contribution >= 0.6 is 0 Å². The van der Waals surface area contributed by atoms with E-state index in [0.29, 0.717) is 19.8 Å². The van der Waals surface area contributed by atoms with Crippen LogP contribution in [0, 0.1) is 5.92 Å². The van der Waals surface area contributed by atoms with E-state index in [2.05, 4.69) is 10.4 Å². The molecule has 0 bridgehead atoms. The predicted octanol–water partition coefficient (Wildman–Crippen LogP) is -0.468. The van der Waals surface area contributed by atoms with Crippen molar-refractivity contribution < 1.29 is 14.6 Å². The van der Waals surface area contributed by atoms with Crippen LogP contribution in [0.2, 0.25) is 0 Å². The van der Waals surface area contributed by atoms with Crippen molar-refractivity contribution in [3.8, 4) is 0 Å². The number of hydrogen-bond acceptors (Lipinski definition) is 5. The highest BCUT2D eigenvalue weighted by Gasteiger charge is 2.32. The Labute approximate surface area is 107 Å².